The fraction of sp³-hybridized carbons (Fsp3) is 0.333. The number of hydrogen-bond acceptors (Lipinski definition) is 5. The van der Waals surface area contributed by atoms with Crippen molar-refractivity contribution in [2.24, 2.45) is 5.84 Å². The highest BCUT2D eigenvalue weighted by Gasteiger charge is 2.14. The Labute approximate surface area is 123 Å². The van der Waals surface area contributed by atoms with Gasteiger partial charge in [-0.1, -0.05) is 32.0 Å². The Bertz CT molecular complexity index is 600. The van der Waals surface area contributed by atoms with Crippen molar-refractivity contribution in [2.75, 3.05) is 17.3 Å². The zero-order valence-electron chi connectivity index (χ0n) is 12.2. The van der Waals surface area contributed by atoms with Crippen LogP contribution in [0.4, 0.5) is 16.0 Å². The molecule has 0 aliphatic heterocycles. The monoisotopic (exact) mass is 289 g/mol. The van der Waals surface area contributed by atoms with E-state index in [0.717, 1.165) is 11.4 Å². The van der Waals surface area contributed by atoms with E-state index in [0.29, 0.717) is 24.3 Å². The van der Waals surface area contributed by atoms with Crippen molar-refractivity contribution in [3.8, 4) is 0 Å². The van der Waals surface area contributed by atoms with Crippen molar-refractivity contribution in [3.05, 3.63) is 47.5 Å². The van der Waals surface area contributed by atoms with Gasteiger partial charge < -0.3 is 10.7 Å². The van der Waals surface area contributed by atoms with Crippen LogP contribution < -0.4 is 16.6 Å². The third kappa shape index (κ3) is 3.66. The van der Waals surface area contributed by atoms with Crippen molar-refractivity contribution >= 4 is 11.6 Å². The van der Waals surface area contributed by atoms with Crippen LogP contribution in [-0.4, -0.2) is 16.5 Å². The molecule has 5 nitrogen and oxygen atoms in total. The summed E-state index contributed by atoms with van der Waals surface area (Å²) < 4.78 is 13.6. The molecule has 1 aromatic carbocycles. The van der Waals surface area contributed by atoms with E-state index >= 15 is 0 Å². The van der Waals surface area contributed by atoms with Gasteiger partial charge in [0.25, 0.3) is 0 Å². The number of nitrogens with one attached hydrogen (secondary N) is 2. The molecule has 2 rings (SSSR count). The largest absolute Gasteiger partial charge is 0.369 e. The van der Waals surface area contributed by atoms with Gasteiger partial charge in [-0.05, 0) is 24.0 Å². The zero-order valence-corrected chi connectivity index (χ0v) is 12.2. The van der Waals surface area contributed by atoms with Crippen LogP contribution in [0.1, 0.15) is 30.9 Å². The van der Waals surface area contributed by atoms with Gasteiger partial charge in [-0.25, -0.2) is 20.2 Å². The molecule has 1 aromatic heterocycles. The van der Waals surface area contributed by atoms with E-state index < -0.39 is 0 Å². The average molecular weight is 289 g/mol. The highest BCUT2D eigenvalue weighted by Crippen LogP contribution is 2.27. The van der Waals surface area contributed by atoms with Crippen molar-refractivity contribution in [1.29, 1.82) is 0 Å². The van der Waals surface area contributed by atoms with Crippen molar-refractivity contribution in [2.45, 2.75) is 26.2 Å². The molecule has 2 aromatic rings. The lowest BCUT2D eigenvalue weighted by atomic mass is 10.0. The van der Waals surface area contributed by atoms with Gasteiger partial charge in [0.05, 0.1) is 0 Å². The summed E-state index contributed by atoms with van der Waals surface area (Å²) in [6.45, 7) is 4.67. The van der Waals surface area contributed by atoms with Gasteiger partial charge in [0.1, 0.15) is 23.8 Å². The number of nitrogen functional groups attached to an aromatic ring is 1. The highest BCUT2D eigenvalue weighted by atomic mass is 19.1. The molecule has 0 amide bonds. The molecule has 4 N–H and O–H groups in total. The summed E-state index contributed by atoms with van der Waals surface area (Å²) in [4.78, 5) is 8.36. The molecular weight excluding hydrogens is 269 g/mol. The van der Waals surface area contributed by atoms with Crippen LogP contribution >= 0.6 is 0 Å². The first-order valence-corrected chi connectivity index (χ1v) is 6.92. The number of nitrogens with two attached hydrogens (primary N) is 1. The van der Waals surface area contributed by atoms with Gasteiger partial charge in [0.2, 0.25) is 0 Å². The van der Waals surface area contributed by atoms with E-state index in [2.05, 4.69) is 20.7 Å². The van der Waals surface area contributed by atoms with Crippen LogP contribution in [0.15, 0.2) is 30.6 Å². The Kier molecular flexibility index (Phi) is 5.05. The smallest absolute Gasteiger partial charge is 0.148 e. The number of benzene rings is 1. The molecule has 0 saturated carbocycles. The molecule has 0 unspecified atom stereocenters. The predicted octanol–water partition coefficient (Wildman–Crippen LogP) is 2.68. The van der Waals surface area contributed by atoms with E-state index in [1.165, 1.54) is 12.4 Å². The molecule has 0 radical (unpaired) electrons. The predicted molar refractivity (Wildman–Crippen MR) is 82.5 cm³/mol. The topological polar surface area (TPSA) is 75.9 Å². The number of halogens is 1. The van der Waals surface area contributed by atoms with Crippen LogP contribution in [0.2, 0.25) is 0 Å². The summed E-state index contributed by atoms with van der Waals surface area (Å²) in [5.74, 6) is 6.84. The fourth-order valence-corrected chi connectivity index (χ4v) is 2.22. The van der Waals surface area contributed by atoms with Crippen LogP contribution in [0.5, 0.6) is 0 Å². The number of rotatable bonds is 6. The van der Waals surface area contributed by atoms with Crippen molar-refractivity contribution < 1.29 is 4.39 Å². The van der Waals surface area contributed by atoms with Gasteiger partial charge in [-0.2, -0.15) is 0 Å². The van der Waals surface area contributed by atoms with E-state index in [1.807, 2.05) is 19.9 Å². The van der Waals surface area contributed by atoms with Crippen LogP contribution in [0.3, 0.4) is 0 Å². The molecule has 0 aliphatic carbocycles. The average Bonchev–Trinajstić information content (AvgIpc) is 2.48. The molecule has 0 aliphatic rings. The number of hydrogen-bond donors (Lipinski definition) is 3. The van der Waals surface area contributed by atoms with E-state index in [9.17, 15) is 4.39 Å². The molecule has 0 fully saturated rings. The standard InChI is InChI=1S/C15H20FN5/c1-10(2)13-14(19-9-20-15(13)21-17)18-8-7-11-5-3-4-6-12(11)16/h3-6,9-10H,7-8,17H2,1-2H3,(H2,18,19,20,21). The Morgan fingerprint density at radius 3 is 2.57 bits per heavy atom. The van der Waals surface area contributed by atoms with E-state index in [4.69, 9.17) is 5.84 Å². The maximum Gasteiger partial charge on any atom is 0.148 e. The van der Waals surface area contributed by atoms with Crippen LogP contribution in [-0.2, 0) is 6.42 Å². The normalized spacial score (nSPS) is 10.7. The van der Waals surface area contributed by atoms with Crippen LogP contribution in [0, 0.1) is 5.82 Å². The molecule has 0 saturated heterocycles. The third-order valence-corrected chi connectivity index (χ3v) is 3.24. The van der Waals surface area contributed by atoms with E-state index in [1.54, 1.807) is 12.1 Å². The lowest BCUT2D eigenvalue weighted by Gasteiger charge is -2.16. The maximum atomic E-state index is 13.6. The second-order valence-corrected chi connectivity index (χ2v) is 5.05. The fourth-order valence-electron chi connectivity index (χ4n) is 2.22. The quantitative estimate of drug-likeness (QED) is 0.563. The molecule has 0 bridgehead atoms. The van der Waals surface area contributed by atoms with Gasteiger partial charge in [-0.3, -0.25) is 0 Å². The Balaban J connectivity index is 2.08. The molecule has 112 valence electrons. The lowest BCUT2D eigenvalue weighted by molar-refractivity contribution is 0.610. The van der Waals surface area contributed by atoms with Gasteiger partial charge in [0, 0.05) is 12.1 Å². The van der Waals surface area contributed by atoms with Gasteiger partial charge in [0.15, 0.2) is 0 Å². The molecule has 6 heteroatoms. The first-order chi connectivity index (χ1) is 10.1. The minimum Gasteiger partial charge on any atom is -0.369 e. The van der Waals surface area contributed by atoms with Crippen LogP contribution in [0.25, 0.3) is 0 Å². The summed E-state index contributed by atoms with van der Waals surface area (Å²) >= 11 is 0. The number of aromatic nitrogens is 2. The summed E-state index contributed by atoms with van der Waals surface area (Å²) in [6.07, 6.45) is 2.03. The summed E-state index contributed by atoms with van der Waals surface area (Å²) in [5, 5.41) is 3.23. The Hall–Kier alpha value is -2.21. The molecular formula is C15H20FN5. The Morgan fingerprint density at radius 1 is 1.19 bits per heavy atom. The highest BCUT2D eigenvalue weighted by molar-refractivity contribution is 5.58. The summed E-state index contributed by atoms with van der Waals surface area (Å²) in [5.41, 5.74) is 4.19. The first-order valence-electron chi connectivity index (χ1n) is 6.92. The minimum atomic E-state index is -0.185. The second-order valence-electron chi connectivity index (χ2n) is 5.05. The number of nitrogens with zero attached hydrogens (tertiary/aromatic N) is 2. The zero-order chi connectivity index (χ0) is 15.2. The molecule has 0 spiro atoms. The maximum absolute atomic E-state index is 13.6. The van der Waals surface area contributed by atoms with E-state index in [-0.39, 0.29) is 11.7 Å². The van der Waals surface area contributed by atoms with Crippen molar-refractivity contribution in [1.82, 2.24) is 9.97 Å². The number of hydrazine groups is 1. The lowest BCUT2D eigenvalue weighted by Crippen LogP contribution is -2.16. The molecule has 21 heavy (non-hydrogen) atoms. The first kappa shape index (κ1) is 15.2. The van der Waals surface area contributed by atoms with Crippen molar-refractivity contribution in [3.63, 3.8) is 0 Å². The molecule has 0 atom stereocenters. The molecule has 1 heterocycles. The van der Waals surface area contributed by atoms with Gasteiger partial charge in [-0.15, -0.1) is 0 Å². The summed E-state index contributed by atoms with van der Waals surface area (Å²) in [6, 6.07) is 6.77. The second kappa shape index (κ2) is 6.99. The minimum absolute atomic E-state index is 0.185. The number of anilines is 2. The Morgan fingerprint density at radius 2 is 1.90 bits per heavy atom. The summed E-state index contributed by atoms with van der Waals surface area (Å²) in [7, 11) is 0. The third-order valence-electron chi connectivity index (χ3n) is 3.24. The SMILES string of the molecule is CC(C)c1c(NN)ncnc1NCCc1ccccc1F. The van der Waals surface area contributed by atoms with Gasteiger partial charge >= 0.3 is 0 Å².